The zero-order valence-electron chi connectivity index (χ0n) is 11.4. The smallest absolute Gasteiger partial charge is 0.358 e. The van der Waals surface area contributed by atoms with Crippen molar-refractivity contribution >= 4 is 67.0 Å². The molecule has 0 aliphatic heterocycles. The minimum absolute atomic E-state index is 0.127. The highest BCUT2D eigenvalue weighted by Crippen LogP contribution is 2.19. The first-order valence-corrected chi connectivity index (χ1v) is 8.04. The van der Waals surface area contributed by atoms with Gasteiger partial charge in [0.15, 0.2) is 11.4 Å². The molecule has 2 rings (SSSR count). The minimum atomic E-state index is -1.12. The van der Waals surface area contributed by atoms with Crippen molar-refractivity contribution in [1.82, 2.24) is 9.97 Å². The highest BCUT2D eigenvalue weighted by molar-refractivity contribution is 9.10. The van der Waals surface area contributed by atoms with Crippen LogP contribution in [0.2, 0.25) is 10.0 Å². The van der Waals surface area contributed by atoms with Gasteiger partial charge in [-0.1, -0.05) is 23.2 Å². The number of carboxylic acids is 1. The molecule has 0 fully saturated rings. The Kier molecular flexibility index (Phi) is 7.90. The molecule has 6 nitrogen and oxygen atoms in total. The first-order chi connectivity index (χ1) is 10.8. The van der Waals surface area contributed by atoms with Crippen LogP contribution in [-0.4, -0.2) is 34.1 Å². The number of esters is 1. The van der Waals surface area contributed by atoms with Crippen LogP contribution in [0.3, 0.4) is 0 Å². The molecule has 0 amide bonds. The van der Waals surface area contributed by atoms with E-state index in [9.17, 15) is 9.59 Å². The third-order valence-electron chi connectivity index (χ3n) is 2.20. The average Bonchev–Trinajstić information content (AvgIpc) is 2.46. The van der Waals surface area contributed by atoms with Crippen molar-refractivity contribution in [2.45, 2.75) is 0 Å². The van der Waals surface area contributed by atoms with E-state index >= 15 is 0 Å². The molecule has 0 aliphatic rings. The van der Waals surface area contributed by atoms with Gasteiger partial charge in [0.25, 0.3) is 0 Å². The lowest BCUT2D eigenvalue weighted by Gasteiger charge is -2.00. The molecule has 0 saturated carbocycles. The number of pyridine rings is 2. The van der Waals surface area contributed by atoms with Crippen molar-refractivity contribution in [2.75, 3.05) is 7.11 Å². The number of rotatable bonds is 2. The summed E-state index contributed by atoms with van der Waals surface area (Å²) >= 11 is 17.5. The molecule has 0 radical (unpaired) electrons. The Hall–Kier alpha value is -1.22. The van der Waals surface area contributed by atoms with Crippen LogP contribution in [0.1, 0.15) is 21.0 Å². The van der Waals surface area contributed by atoms with E-state index in [0.717, 1.165) is 4.47 Å². The fraction of sp³-hybridized carbons (Fsp3) is 0.0769. The molecule has 0 spiro atoms. The molecule has 23 heavy (non-hydrogen) atoms. The van der Waals surface area contributed by atoms with Crippen LogP contribution in [0.25, 0.3) is 0 Å². The first kappa shape index (κ1) is 19.8. The Morgan fingerprint density at radius 2 is 1.48 bits per heavy atom. The van der Waals surface area contributed by atoms with Gasteiger partial charge in [-0.25, -0.2) is 19.6 Å². The SMILES string of the molecule is COC(=O)c1ncc(Br)cc1Cl.O=C(O)c1ncc(Br)cc1Cl. The van der Waals surface area contributed by atoms with E-state index in [-0.39, 0.29) is 21.4 Å². The number of ether oxygens (including phenoxy) is 1. The van der Waals surface area contributed by atoms with Crippen LogP contribution < -0.4 is 0 Å². The minimum Gasteiger partial charge on any atom is -0.476 e. The highest BCUT2D eigenvalue weighted by Gasteiger charge is 2.11. The molecule has 2 aromatic heterocycles. The summed E-state index contributed by atoms with van der Waals surface area (Å²) in [5.74, 6) is -1.66. The molecule has 2 aromatic rings. The van der Waals surface area contributed by atoms with Crippen LogP contribution >= 0.6 is 55.1 Å². The van der Waals surface area contributed by atoms with Crippen LogP contribution in [0.4, 0.5) is 0 Å². The van der Waals surface area contributed by atoms with E-state index in [2.05, 4.69) is 46.6 Å². The number of methoxy groups -OCH3 is 1. The Morgan fingerprint density at radius 3 is 1.83 bits per heavy atom. The fourth-order valence-electron chi connectivity index (χ4n) is 1.23. The molecule has 10 heteroatoms. The summed E-state index contributed by atoms with van der Waals surface area (Å²) in [5, 5.41) is 8.90. The lowest BCUT2D eigenvalue weighted by Crippen LogP contribution is -2.04. The first-order valence-electron chi connectivity index (χ1n) is 5.70. The zero-order chi connectivity index (χ0) is 17.6. The largest absolute Gasteiger partial charge is 0.476 e. The maximum Gasteiger partial charge on any atom is 0.358 e. The average molecular weight is 487 g/mol. The number of aromatic carboxylic acids is 1. The summed E-state index contributed by atoms with van der Waals surface area (Å²) in [6.07, 6.45) is 2.87. The predicted octanol–water partition coefficient (Wildman–Crippen LogP) is 4.48. The van der Waals surface area contributed by atoms with Gasteiger partial charge in [0.2, 0.25) is 0 Å². The number of carboxylic acid groups (broad SMARTS) is 1. The van der Waals surface area contributed by atoms with Crippen molar-refractivity contribution in [3.8, 4) is 0 Å². The Bertz CT molecular complexity index is 744. The van der Waals surface area contributed by atoms with Crippen LogP contribution in [0.5, 0.6) is 0 Å². The fourth-order valence-corrected chi connectivity index (χ4v) is 2.65. The summed E-state index contributed by atoms with van der Waals surface area (Å²) in [6.45, 7) is 0. The van der Waals surface area contributed by atoms with Gasteiger partial charge in [0, 0.05) is 21.3 Å². The van der Waals surface area contributed by atoms with Crippen molar-refractivity contribution in [3.63, 3.8) is 0 Å². The topological polar surface area (TPSA) is 89.4 Å². The second-order valence-electron chi connectivity index (χ2n) is 3.76. The van der Waals surface area contributed by atoms with Crippen molar-refractivity contribution in [2.24, 2.45) is 0 Å². The maximum absolute atomic E-state index is 11.0. The van der Waals surface area contributed by atoms with E-state index in [4.69, 9.17) is 28.3 Å². The number of hydrogen-bond acceptors (Lipinski definition) is 5. The van der Waals surface area contributed by atoms with Crippen LogP contribution in [0, 0.1) is 0 Å². The number of hydrogen-bond donors (Lipinski definition) is 1. The number of halogens is 4. The van der Waals surface area contributed by atoms with Crippen LogP contribution in [-0.2, 0) is 4.74 Å². The number of carbonyl (C=O) groups is 2. The summed E-state index contributed by atoms with van der Waals surface area (Å²) < 4.78 is 5.84. The molecule has 0 unspecified atom stereocenters. The molecule has 0 aliphatic carbocycles. The van der Waals surface area contributed by atoms with E-state index in [1.54, 1.807) is 6.07 Å². The molecular formula is C13H8Br2Cl2N2O4. The molecule has 122 valence electrons. The standard InChI is InChI=1S/C7H5BrClNO2.C6H3BrClNO2/c1-12-7(11)6-5(9)2-4(8)3-10-6;7-3-1-4(8)5(6(10)11)9-2-3/h2-3H,1H3;1-2H,(H,10,11). The Balaban J connectivity index is 0.000000231. The molecule has 1 N–H and O–H groups in total. The van der Waals surface area contributed by atoms with E-state index in [0.29, 0.717) is 4.47 Å². The summed E-state index contributed by atoms with van der Waals surface area (Å²) in [4.78, 5) is 28.7. The second-order valence-corrected chi connectivity index (χ2v) is 6.41. The normalized spacial score (nSPS) is 9.61. The lowest BCUT2D eigenvalue weighted by atomic mass is 10.3. The molecule has 0 saturated heterocycles. The third-order valence-corrected chi connectivity index (χ3v) is 3.64. The summed E-state index contributed by atoms with van der Waals surface area (Å²) in [6, 6.07) is 3.07. The van der Waals surface area contributed by atoms with Gasteiger partial charge in [0.1, 0.15) is 0 Å². The lowest BCUT2D eigenvalue weighted by molar-refractivity contribution is 0.0593. The monoisotopic (exact) mass is 484 g/mol. The third kappa shape index (κ3) is 6.06. The van der Waals surface area contributed by atoms with E-state index in [1.165, 1.54) is 25.6 Å². The number of carbonyl (C=O) groups excluding carboxylic acids is 1. The predicted molar refractivity (Wildman–Crippen MR) is 92.2 cm³/mol. The number of aromatic nitrogens is 2. The van der Waals surface area contributed by atoms with Gasteiger partial charge >= 0.3 is 11.9 Å². The summed E-state index contributed by atoms with van der Waals surface area (Å²) in [7, 11) is 1.28. The van der Waals surface area contributed by atoms with Gasteiger partial charge in [-0.3, -0.25) is 0 Å². The zero-order valence-corrected chi connectivity index (χ0v) is 16.1. The second kappa shape index (κ2) is 9.17. The number of nitrogens with zero attached hydrogens (tertiary/aromatic N) is 2. The molecule has 2 heterocycles. The van der Waals surface area contributed by atoms with Crippen molar-refractivity contribution < 1.29 is 19.4 Å². The van der Waals surface area contributed by atoms with Crippen LogP contribution in [0.15, 0.2) is 33.5 Å². The van der Waals surface area contributed by atoms with Gasteiger partial charge in [-0.05, 0) is 44.0 Å². The van der Waals surface area contributed by atoms with Gasteiger partial charge < -0.3 is 9.84 Å². The van der Waals surface area contributed by atoms with Crippen molar-refractivity contribution in [3.05, 3.63) is 54.9 Å². The quantitative estimate of drug-likeness (QED) is 0.629. The Labute approximate surface area is 158 Å². The maximum atomic E-state index is 11.0. The Morgan fingerprint density at radius 1 is 1.04 bits per heavy atom. The van der Waals surface area contributed by atoms with Gasteiger partial charge in [-0.15, -0.1) is 0 Å². The molecule has 0 aromatic carbocycles. The highest BCUT2D eigenvalue weighted by atomic mass is 79.9. The van der Waals surface area contributed by atoms with E-state index in [1.807, 2.05) is 0 Å². The van der Waals surface area contributed by atoms with E-state index < -0.39 is 11.9 Å². The van der Waals surface area contributed by atoms with Gasteiger partial charge in [0.05, 0.1) is 17.2 Å². The summed E-state index contributed by atoms with van der Waals surface area (Å²) in [5.41, 5.74) is -0.00256. The van der Waals surface area contributed by atoms with Gasteiger partial charge in [-0.2, -0.15) is 0 Å². The molecule has 0 atom stereocenters. The molecular weight excluding hydrogens is 479 g/mol. The van der Waals surface area contributed by atoms with Crippen molar-refractivity contribution in [1.29, 1.82) is 0 Å². The molecule has 0 bridgehead atoms.